The van der Waals surface area contributed by atoms with Gasteiger partial charge in [-0.25, -0.2) is 4.98 Å². The molecule has 84 valence electrons. The molecule has 3 nitrogen and oxygen atoms in total. The van der Waals surface area contributed by atoms with Crippen molar-refractivity contribution in [1.29, 1.82) is 5.26 Å². The van der Waals surface area contributed by atoms with Gasteiger partial charge < -0.3 is 0 Å². The molecule has 0 spiro atoms. The van der Waals surface area contributed by atoms with Crippen molar-refractivity contribution in [1.82, 2.24) is 9.88 Å². The van der Waals surface area contributed by atoms with Crippen LogP contribution in [0, 0.1) is 11.3 Å². The highest BCUT2D eigenvalue weighted by Gasteiger charge is 2.11. The van der Waals surface area contributed by atoms with Crippen molar-refractivity contribution >= 4 is 11.8 Å². The quantitative estimate of drug-likeness (QED) is 0.782. The standard InChI is InChI=1S/C12H15N3S/c13-9-12-11(3-1-4-14-12)10-15-5-2-7-16-8-6-15/h1,3-4H,2,5-8,10H2. The van der Waals surface area contributed by atoms with Crippen LogP contribution in [0.15, 0.2) is 18.3 Å². The van der Waals surface area contributed by atoms with E-state index in [2.05, 4.69) is 16.0 Å². The van der Waals surface area contributed by atoms with Gasteiger partial charge in [0.15, 0.2) is 0 Å². The highest BCUT2D eigenvalue weighted by atomic mass is 32.2. The van der Waals surface area contributed by atoms with Gasteiger partial charge in [-0.3, -0.25) is 4.90 Å². The Bertz CT molecular complexity index is 378. The van der Waals surface area contributed by atoms with E-state index in [4.69, 9.17) is 5.26 Å². The van der Waals surface area contributed by atoms with Gasteiger partial charge in [0.1, 0.15) is 11.8 Å². The number of hydrogen-bond donors (Lipinski definition) is 0. The van der Waals surface area contributed by atoms with E-state index in [-0.39, 0.29) is 0 Å². The number of thioether (sulfide) groups is 1. The molecule has 0 atom stereocenters. The normalized spacial score (nSPS) is 17.7. The van der Waals surface area contributed by atoms with E-state index in [0.29, 0.717) is 5.69 Å². The lowest BCUT2D eigenvalue weighted by molar-refractivity contribution is 0.287. The molecule has 0 amide bonds. The summed E-state index contributed by atoms with van der Waals surface area (Å²) in [5.41, 5.74) is 1.62. The first-order valence-corrected chi connectivity index (χ1v) is 6.70. The molecule has 0 unspecified atom stereocenters. The Balaban J connectivity index is 2.05. The van der Waals surface area contributed by atoms with Gasteiger partial charge in [0.2, 0.25) is 0 Å². The molecule has 16 heavy (non-hydrogen) atoms. The summed E-state index contributed by atoms with van der Waals surface area (Å²) < 4.78 is 0. The van der Waals surface area contributed by atoms with Crippen LogP contribution in [0.25, 0.3) is 0 Å². The zero-order valence-electron chi connectivity index (χ0n) is 9.22. The molecule has 0 aromatic carbocycles. The molecule has 0 radical (unpaired) electrons. The number of rotatable bonds is 2. The fourth-order valence-corrected chi connectivity index (χ4v) is 2.79. The van der Waals surface area contributed by atoms with Crippen molar-refractivity contribution in [2.75, 3.05) is 24.6 Å². The predicted molar refractivity (Wildman–Crippen MR) is 66.2 cm³/mol. The summed E-state index contributed by atoms with van der Waals surface area (Å²) in [7, 11) is 0. The maximum atomic E-state index is 8.97. The Kier molecular flexibility index (Phi) is 4.20. The third-order valence-electron chi connectivity index (χ3n) is 2.71. The van der Waals surface area contributed by atoms with Crippen LogP contribution in [0.4, 0.5) is 0 Å². The molecule has 1 aromatic heterocycles. The first kappa shape index (κ1) is 11.4. The van der Waals surface area contributed by atoms with Crippen LogP contribution >= 0.6 is 11.8 Å². The zero-order chi connectivity index (χ0) is 11.2. The summed E-state index contributed by atoms with van der Waals surface area (Å²) in [4.78, 5) is 6.51. The molecule has 1 fully saturated rings. The smallest absolute Gasteiger partial charge is 0.144 e. The lowest BCUT2D eigenvalue weighted by Crippen LogP contribution is -2.25. The predicted octanol–water partition coefficient (Wildman–Crippen LogP) is 1.89. The topological polar surface area (TPSA) is 39.9 Å². The maximum absolute atomic E-state index is 8.97. The molecule has 2 heterocycles. The van der Waals surface area contributed by atoms with Gasteiger partial charge in [0, 0.05) is 30.6 Å². The highest BCUT2D eigenvalue weighted by molar-refractivity contribution is 7.99. The van der Waals surface area contributed by atoms with Gasteiger partial charge in [0.25, 0.3) is 0 Å². The molecule has 0 saturated carbocycles. The van der Waals surface area contributed by atoms with Crippen molar-refractivity contribution in [3.63, 3.8) is 0 Å². The van der Waals surface area contributed by atoms with Gasteiger partial charge in [-0.15, -0.1) is 0 Å². The third kappa shape index (κ3) is 2.97. The van der Waals surface area contributed by atoms with Crippen LogP contribution in [0.3, 0.4) is 0 Å². The summed E-state index contributed by atoms with van der Waals surface area (Å²) in [5, 5.41) is 8.97. The summed E-state index contributed by atoms with van der Waals surface area (Å²) in [6.07, 6.45) is 2.92. The van der Waals surface area contributed by atoms with E-state index in [1.54, 1.807) is 6.20 Å². The fourth-order valence-electron chi connectivity index (χ4n) is 1.86. The van der Waals surface area contributed by atoms with Gasteiger partial charge in [-0.1, -0.05) is 6.07 Å². The minimum atomic E-state index is 0.569. The Labute approximate surface area is 100 Å². The molecule has 0 aliphatic carbocycles. The first-order valence-electron chi connectivity index (χ1n) is 5.54. The lowest BCUT2D eigenvalue weighted by Gasteiger charge is -2.19. The molecule has 1 aliphatic heterocycles. The highest BCUT2D eigenvalue weighted by Crippen LogP contribution is 2.14. The van der Waals surface area contributed by atoms with E-state index < -0.39 is 0 Å². The van der Waals surface area contributed by atoms with E-state index in [1.807, 2.05) is 23.9 Å². The zero-order valence-corrected chi connectivity index (χ0v) is 10.0. The number of hydrogen-bond acceptors (Lipinski definition) is 4. The van der Waals surface area contributed by atoms with Crippen LogP contribution in [0.1, 0.15) is 17.7 Å². The van der Waals surface area contributed by atoms with E-state index in [0.717, 1.165) is 25.2 Å². The second-order valence-corrected chi connectivity index (χ2v) is 5.09. The van der Waals surface area contributed by atoms with E-state index in [1.165, 1.54) is 17.9 Å². The monoisotopic (exact) mass is 233 g/mol. The average molecular weight is 233 g/mol. The Hall–Kier alpha value is -1.05. The van der Waals surface area contributed by atoms with Crippen molar-refractivity contribution < 1.29 is 0 Å². The Morgan fingerprint density at radius 2 is 2.38 bits per heavy atom. The lowest BCUT2D eigenvalue weighted by atomic mass is 10.2. The second-order valence-electron chi connectivity index (χ2n) is 3.87. The molecule has 1 aromatic rings. The molecule has 1 aliphatic rings. The van der Waals surface area contributed by atoms with Gasteiger partial charge >= 0.3 is 0 Å². The van der Waals surface area contributed by atoms with Crippen LogP contribution in [0.5, 0.6) is 0 Å². The summed E-state index contributed by atoms with van der Waals surface area (Å²) in [6.45, 7) is 3.11. The van der Waals surface area contributed by atoms with Crippen molar-refractivity contribution in [2.24, 2.45) is 0 Å². The number of nitrogens with zero attached hydrogens (tertiary/aromatic N) is 3. The van der Waals surface area contributed by atoms with Crippen LogP contribution < -0.4 is 0 Å². The molecular formula is C12H15N3S. The van der Waals surface area contributed by atoms with E-state index >= 15 is 0 Å². The Morgan fingerprint density at radius 1 is 1.44 bits per heavy atom. The maximum Gasteiger partial charge on any atom is 0.144 e. The van der Waals surface area contributed by atoms with Crippen LogP contribution in [-0.4, -0.2) is 34.5 Å². The van der Waals surface area contributed by atoms with Crippen LogP contribution in [-0.2, 0) is 6.54 Å². The van der Waals surface area contributed by atoms with Crippen molar-refractivity contribution in [3.8, 4) is 6.07 Å². The molecule has 0 N–H and O–H groups in total. The minimum Gasteiger partial charge on any atom is -0.298 e. The third-order valence-corrected chi connectivity index (χ3v) is 3.75. The summed E-state index contributed by atoms with van der Waals surface area (Å²) in [6, 6.07) is 6.07. The molecule has 2 rings (SSSR count). The fraction of sp³-hybridized carbons (Fsp3) is 0.500. The number of aromatic nitrogens is 1. The SMILES string of the molecule is N#Cc1ncccc1CN1CCCSCC1. The summed E-state index contributed by atoms with van der Waals surface area (Å²) in [5.74, 6) is 2.46. The minimum absolute atomic E-state index is 0.569. The molecule has 0 bridgehead atoms. The average Bonchev–Trinajstić information content (AvgIpc) is 2.58. The molecule has 4 heteroatoms. The van der Waals surface area contributed by atoms with E-state index in [9.17, 15) is 0 Å². The molecular weight excluding hydrogens is 218 g/mol. The van der Waals surface area contributed by atoms with Gasteiger partial charge in [0.05, 0.1) is 0 Å². The summed E-state index contributed by atoms with van der Waals surface area (Å²) >= 11 is 2.02. The van der Waals surface area contributed by atoms with Gasteiger partial charge in [-0.2, -0.15) is 17.0 Å². The van der Waals surface area contributed by atoms with Crippen molar-refractivity contribution in [2.45, 2.75) is 13.0 Å². The second kappa shape index (κ2) is 5.88. The number of pyridine rings is 1. The Morgan fingerprint density at radius 3 is 3.25 bits per heavy atom. The van der Waals surface area contributed by atoms with Crippen molar-refractivity contribution in [3.05, 3.63) is 29.6 Å². The van der Waals surface area contributed by atoms with Gasteiger partial charge in [-0.05, 0) is 24.8 Å². The largest absolute Gasteiger partial charge is 0.298 e. The number of nitriles is 1. The first-order chi connectivity index (χ1) is 7.90. The molecule has 1 saturated heterocycles. The van der Waals surface area contributed by atoms with Crippen LogP contribution in [0.2, 0.25) is 0 Å².